The highest BCUT2D eigenvalue weighted by atomic mass is 32.1. The third kappa shape index (κ3) is 2.53. The number of aromatic nitrogens is 1. The van der Waals surface area contributed by atoms with Crippen LogP contribution in [0.25, 0.3) is 10.6 Å². The highest BCUT2D eigenvalue weighted by Crippen LogP contribution is 2.26. The maximum atomic E-state index is 11.4. The van der Waals surface area contributed by atoms with Crippen molar-refractivity contribution in [1.82, 2.24) is 4.98 Å². The maximum absolute atomic E-state index is 11.4. The Hall–Kier alpha value is -1.68. The number of methoxy groups -OCH3 is 1. The van der Waals surface area contributed by atoms with Gasteiger partial charge >= 0.3 is 5.97 Å². The van der Waals surface area contributed by atoms with Crippen LogP contribution in [0.3, 0.4) is 0 Å². The number of aryl methyl sites for hydroxylation is 1. The number of rotatable bonds is 3. The lowest BCUT2D eigenvalue weighted by Crippen LogP contribution is -2.00. The molecule has 1 aromatic carbocycles. The van der Waals surface area contributed by atoms with Gasteiger partial charge in [-0.25, -0.2) is 9.78 Å². The topological polar surface area (TPSA) is 39.2 Å². The van der Waals surface area contributed by atoms with Gasteiger partial charge in [-0.15, -0.1) is 11.3 Å². The van der Waals surface area contributed by atoms with E-state index in [4.69, 9.17) is 4.74 Å². The Balaban J connectivity index is 2.35. The van der Waals surface area contributed by atoms with Gasteiger partial charge in [-0.1, -0.05) is 19.1 Å². The van der Waals surface area contributed by atoms with E-state index >= 15 is 0 Å². The van der Waals surface area contributed by atoms with E-state index in [-0.39, 0.29) is 5.97 Å². The van der Waals surface area contributed by atoms with Crippen molar-refractivity contribution in [2.24, 2.45) is 0 Å². The minimum atomic E-state index is -0.320. The zero-order valence-corrected chi connectivity index (χ0v) is 10.6. The Morgan fingerprint density at radius 1 is 1.47 bits per heavy atom. The van der Waals surface area contributed by atoms with Gasteiger partial charge in [0.1, 0.15) is 5.01 Å². The van der Waals surface area contributed by atoms with E-state index in [2.05, 4.69) is 11.9 Å². The van der Waals surface area contributed by atoms with Crippen LogP contribution in [0.4, 0.5) is 0 Å². The number of esters is 1. The summed E-state index contributed by atoms with van der Waals surface area (Å²) in [7, 11) is 1.38. The van der Waals surface area contributed by atoms with Crippen molar-refractivity contribution in [2.75, 3.05) is 7.11 Å². The average Bonchev–Trinajstić information content (AvgIpc) is 2.86. The summed E-state index contributed by atoms with van der Waals surface area (Å²) in [4.78, 5) is 17.0. The summed E-state index contributed by atoms with van der Waals surface area (Å²) < 4.78 is 4.70. The zero-order chi connectivity index (χ0) is 12.3. The van der Waals surface area contributed by atoms with Gasteiger partial charge in [-0.3, -0.25) is 0 Å². The van der Waals surface area contributed by atoms with Crippen molar-refractivity contribution in [1.29, 1.82) is 0 Å². The van der Waals surface area contributed by atoms with E-state index in [1.165, 1.54) is 12.0 Å². The van der Waals surface area contributed by atoms with Gasteiger partial charge in [0.05, 0.1) is 12.7 Å². The van der Waals surface area contributed by atoms with Crippen LogP contribution >= 0.6 is 11.3 Å². The van der Waals surface area contributed by atoms with Crippen molar-refractivity contribution in [3.05, 3.63) is 40.9 Å². The molecule has 0 aliphatic rings. The first-order valence-corrected chi connectivity index (χ1v) is 6.19. The van der Waals surface area contributed by atoms with Crippen LogP contribution in [0.2, 0.25) is 0 Å². The van der Waals surface area contributed by atoms with Crippen molar-refractivity contribution in [3.8, 4) is 10.6 Å². The van der Waals surface area contributed by atoms with Gasteiger partial charge in [0.2, 0.25) is 0 Å². The molecule has 0 fully saturated rings. The minimum Gasteiger partial charge on any atom is -0.465 e. The third-order valence-electron chi connectivity index (χ3n) is 2.43. The van der Waals surface area contributed by atoms with Crippen LogP contribution in [0, 0.1) is 0 Å². The molecule has 88 valence electrons. The Morgan fingerprint density at radius 2 is 2.29 bits per heavy atom. The predicted molar refractivity (Wildman–Crippen MR) is 68.3 cm³/mol. The molecule has 4 heteroatoms. The van der Waals surface area contributed by atoms with Gasteiger partial charge in [-0.05, 0) is 18.6 Å². The fourth-order valence-electron chi connectivity index (χ4n) is 1.50. The van der Waals surface area contributed by atoms with Crippen molar-refractivity contribution in [3.63, 3.8) is 0 Å². The maximum Gasteiger partial charge on any atom is 0.337 e. The monoisotopic (exact) mass is 247 g/mol. The third-order valence-corrected chi connectivity index (χ3v) is 3.62. The summed E-state index contributed by atoms with van der Waals surface area (Å²) in [6.07, 6.45) is 2.86. The lowest BCUT2D eigenvalue weighted by molar-refractivity contribution is 0.0601. The first kappa shape index (κ1) is 11.8. The molecular formula is C13H13NO2S. The second kappa shape index (κ2) is 5.10. The smallest absolute Gasteiger partial charge is 0.337 e. The Morgan fingerprint density at radius 3 is 2.94 bits per heavy atom. The molecule has 1 heterocycles. The summed E-state index contributed by atoms with van der Waals surface area (Å²) in [5, 5.41) is 0.938. The molecular weight excluding hydrogens is 234 g/mol. The normalized spacial score (nSPS) is 10.2. The summed E-state index contributed by atoms with van der Waals surface area (Å²) in [6, 6.07) is 7.34. The first-order chi connectivity index (χ1) is 8.24. The van der Waals surface area contributed by atoms with E-state index in [1.54, 1.807) is 17.4 Å². The van der Waals surface area contributed by atoms with Crippen molar-refractivity contribution in [2.45, 2.75) is 13.3 Å². The molecule has 0 radical (unpaired) electrons. The van der Waals surface area contributed by atoms with Crippen LogP contribution in [0.15, 0.2) is 30.5 Å². The molecule has 0 N–H and O–H groups in total. The van der Waals surface area contributed by atoms with Gasteiger partial charge in [0.15, 0.2) is 0 Å². The fourth-order valence-corrected chi connectivity index (χ4v) is 2.35. The SMILES string of the molecule is CCc1cnc(-c2cccc(C(=O)OC)c2)s1. The van der Waals surface area contributed by atoms with E-state index in [1.807, 2.05) is 24.4 Å². The molecule has 0 saturated heterocycles. The van der Waals surface area contributed by atoms with Crippen LogP contribution in [-0.4, -0.2) is 18.1 Å². The molecule has 17 heavy (non-hydrogen) atoms. The predicted octanol–water partition coefficient (Wildman–Crippen LogP) is 3.16. The van der Waals surface area contributed by atoms with Crippen molar-refractivity contribution >= 4 is 17.3 Å². The van der Waals surface area contributed by atoms with E-state index < -0.39 is 0 Å². The molecule has 0 spiro atoms. The second-order valence-corrected chi connectivity index (χ2v) is 4.67. The molecule has 0 unspecified atom stereocenters. The van der Waals surface area contributed by atoms with Crippen LogP contribution in [-0.2, 0) is 11.2 Å². The summed E-state index contributed by atoms with van der Waals surface area (Å²) in [6.45, 7) is 2.10. The highest BCUT2D eigenvalue weighted by Gasteiger charge is 2.08. The van der Waals surface area contributed by atoms with Gasteiger partial charge < -0.3 is 4.74 Å². The highest BCUT2D eigenvalue weighted by molar-refractivity contribution is 7.15. The summed E-state index contributed by atoms with van der Waals surface area (Å²) in [5.74, 6) is -0.320. The second-order valence-electron chi connectivity index (χ2n) is 3.56. The molecule has 0 aliphatic carbocycles. The molecule has 1 aromatic heterocycles. The molecule has 0 saturated carbocycles. The molecule has 0 aliphatic heterocycles. The minimum absolute atomic E-state index is 0.320. The Kier molecular flexibility index (Phi) is 3.54. The number of hydrogen-bond acceptors (Lipinski definition) is 4. The number of carbonyl (C=O) groups is 1. The van der Waals surface area contributed by atoms with Crippen LogP contribution < -0.4 is 0 Å². The molecule has 0 amide bonds. The lowest BCUT2D eigenvalue weighted by Gasteiger charge is -2.01. The number of thiazole rings is 1. The van der Waals surface area contributed by atoms with Crippen molar-refractivity contribution < 1.29 is 9.53 Å². The van der Waals surface area contributed by atoms with Gasteiger partial charge in [0, 0.05) is 16.6 Å². The summed E-state index contributed by atoms with van der Waals surface area (Å²) in [5.41, 5.74) is 1.51. The Bertz CT molecular complexity index is 534. The molecule has 2 rings (SSSR count). The first-order valence-electron chi connectivity index (χ1n) is 5.38. The Labute approximate surface area is 104 Å². The number of ether oxygens (including phenoxy) is 1. The average molecular weight is 247 g/mol. The molecule has 0 atom stereocenters. The largest absolute Gasteiger partial charge is 0.465 e. The number of hydrogen-bond donors (Lipinski definition) is 0. The van der Waals surface area contributed by atoms with E-state index in [0.717, 1.165) is 17.0 Å². The van der Waals surface area contributed by atoms with Crippen LogP contribution in [0.5, 0.6) is 0 Å². The van der Waals surface area contributed by atoms with E-state index in [0.29, 0.717) is 5.56 Å². The van der Waals surface area contributed by atoms with E-state index in [9.17, 15) is 4.79 Å². The molecule has 3 nitrogen and oxygen atoms in total. The van der Waals surface area contributed by atoms with Gasteiger partial charge in [0.25, 0.3) is 0 Å². The number of nitrogens with zero attached hydrogens (tertiary/aromatic N) is 1. The molecule has 0 bridgehead atoms. The fraction of sp³-hybridized carbons (Fsp3) is 0.231. The zero-order valence-electron chi connectivity index (χ0n) is 9.77. The van der Waals surface area contributed by atoms with Crippen LogP contribution in [0.1, 0.15) is 22.2 Å². The number of carbonyl (C=O) groups excluding carboxylic acids is 1. The van der Waals surface area contributed by atoms with Gasteiger partial charge in [-0.2, -0.15) is 0 Å². The summed E-state index contributed by atoms with van der Waals surface area (Å²) >= 11 is 1.65. The standard InChI is InChI=1S/C13H13NO2S/c1-3-11-8-14-12(17-11)9-5-4-6-10(7-9)13(15)16-2/h4-8H,3H2,1-2H3. The quantitative estimate of drug-likeness (QED) is 0.782. The molecule has 2 aromatic rings. The number of benzene rings is 1. The lowest BCUT2D eigenvalue weighted by atomic mass is 10.1.